The summed E-state index contributed by atoms with van der Waals surface area (Å²) in [4.78, 5) is 46.4. The molecule has 4 aromatic rings. The number of furan rings is 1. The van der Waals surface area contributed by atoms with Crippen molar-refractivity contribution in [3.63, 3.8) is 0 Å². The van der Waals surface area contributed by atoms with Crippen LogP contribution < -0.4 is 16.6 Å². The number of amides is 1. The molecule has 1 aromatic carbocycles. The van der Waals surface area contributed by atoms with E-state index in [2.05, 4.69) is 15.3 Å². The average molecular weight is 458 g/mol. The van der Waals surface area contributed by atoms with Crippen molar-refractivity contribution in [2.45, 2.75) is 5.03 Å². The van der Waals surface area contributed by atoms with Crippen LogP contribution in [0.25, 0.3) is 22.6 Å². The van der Waals surface area contributed by atoms with Crippen LogP contribution in [0.5, 0.6) is 0 Å². The Bertz CT molecular complexity index is 1390. The molecule has 1 amide bonds. The predicted octanol–water partition coefficient (Wildman–Crippen LogP) is 2.67. The summed E-state index contributed by atoms with van der Waals surface area (Å²) in [6, 6.07) is 10.1. The number of aromatic nitrogens is 4. The van der Waals surface area contributed by atoms with Crippen LogP contribution in [-0.2, 0) is 18.9 Å². The molecule has 3 aromatic heterocycles. The lowest BCUT2D eigenvalue weighted by molar-refractivity contribution is -0.113. The highest BCUT2D eigenvalue weighted by molar-refractivity contribution is 8.00. The van der Waals surface area contributed by atoms with Gasteiger partial charge in [0.05, 0.1) is 12.0 Å². The van der Waals surface area contributed by atoms with Crippen molar-refractivity contribution in [1.29, 1.82) is 0 Å². The van der Waals surface area contributed by atoms with Gasteiger partial charge in [0.2, 0.25) is 5.91 Å². The number of hydrogen-bond acceptors (Lipinski definition) is 7. The highest BCUT2D eigenvalue weighted by Crippen LogP contribution is 2.26. The first-order valence-corrected chi connectivity index (χ1v) is 10.4. The van der Waals surface area contributed by atoms with Crippen LogP contribution in [0.15, 0.2) is 61.7 Å². The fourth-order valence-electron chi connectivity index (χ4n) is 2.91. The summed E-state index contributed by atoms with van der Waals surface area (Å²) in [5, 5.41) is 3.75. The van der Waals surface area contributed by atoms with Crippen molar-refractivity contribution in [1.82, 2.24) is 19.1 Å². The Labute approximate surface area is 184 Å². The Hall–Kier alpha value is -3.37. The SMILES string of the molecule is Cn1c(=O)c2c(SCC(=O)Nc3ccc(Cl)cc3)nc(-c3ccco3)nc2n(C)c1=O. The molecule has 0 aliphatic rings. The van der Waals surface area contributed by atoms with E-state index in [0.717, 1.165) is 16.3 Å². The Balaban J connectivity index is 1.73. The first-order chi connectivity index (χ1) is 14.8. The molecule has 0 atom stereocenters. The van der Waals surface area contributed by atoms with Crippen molar-refractivity contribution in [3.8, 4) is 11.6 Å². The molecule has 31 heavy (non-hydrogen) atoms. The van der Waals surface area contributed by atoms with Gasteiger partial charge in [-0.15, -0.1) is 0 Å². The van der Waals surface area contributed by atoms with Crippen LogP contribution in [-0.4, -0.2) is 30.8 Å². The molecule has 0 fully saturated rings. The minimum absolute atomic E-state index is 0.0155. The first-order valence-electron chi connectivity index (χ1n) is 9.05. The van der Waals surface area contributed by atoms with Gasteiger partial charge in [-0.25, -0.2) is 14.8 Å². The minimum atomic E-state index is -0.537. The van der Waals surface area contributed by atoms with Crippen LogP contribution in [0.1, 0.15) is 0 Å². The summed E-state index contributed by atoms with van der Waals surface area (Å²) < 4.78 is 7.62. The molecule has 0 aliphatic carbocycles. The summed E-state index contributed by atoms with van der Waals surface area (Å²) in [5.74, 6) is 0.280. The van der Waals surface area contributed by atoms with E-state index >= 15 is 0 Å². The lowest BCUT2D eigenvalue weighted by Gasteiger charge is -2.11. The van der Waals surface area contributed by atoms with Crippen molar-refractivity contribution in [3.05, 3.63) is 68.5 Å². The molecule has 11 heteroatoms. The molecule has 0 unspecified atom stereocenters. The number of halogens is 1. The number of carbonyl (C=O) groups is 1. The molecule has 0 radical (unpaired) electrons. The smallest absolute Gasteiger partial charge is 0.332 e. The number of nitrogens with zero attached hydrogens (tertiary/aromatic N) is 4. The summed E-state index contributed by atoms with van der Waals surface area (Å²) in [6.07, 6.45) is 1.47. The van der Waals surface area contributed by atoms with Crippen molar-refractivity contribution < 1.29 is 9.21 Å². The third kappa shape index (κ3) is 4.12. The van der Waals surface area contributed by atoms with Gasteiger partial charge in [0.15, 0.2) is 17.2 Å². The maximum atomic E-state index is 12.8. The zero-order valence-electron chi connectivity index (χ0n) is 16.5. The van der Waals surface area contributed by atoms with Gasteiger partial charge in [0.1, 0.15) is 10.4 Å². The van der Waals surface area contributed by atoms with Crippen LogP contribution in [0.3, 0.4) is 0 Å². The fourth-order valence-corrected chi connectivity index (χ4v) is 3.85. The standard InChI is InChI=1S/C20H16ClN5O4S/c1-25-17-15(19(28)26(2)20(25)29)18(24-16(23-17)13-4-3-9-30-13)31-10-14(27)22-12-7-5-11(21)6-8-12/h3-9H,10H2,1-2H3,(H,22,27). The predicted molar refractivity (Wildman–Crippen MR) is 119 cm³/mol. The zero-order valence-corrected chi connectivity index (χ0v) is 18.0. The van der Waals surface area contributed by atoms with Crippen LogP contribution in [0, 0.1) is 0 Å². The van der Waals surface area contributed by atoms with E-state index in [9.17, 15) is 14.4 Å². The summed E-state index contributed by atoms with van der Waals surface area (Å²) in [6.45, 7) is 0. The van der Waals surface area contributed by atoms with E-state index in [1.165, 1.54) is 24.9 Å². The molecule has 1 N–H and O–H groups in total. The third-order valence-electron chi connectivity index (χ3n) is 4.48. The number of carbonyl (C=O) groups excluding carboxylic acids is 1. The molecule has 9 nitrogen and oxygen atoms in total. The molecular weight excluding hydrogens is 442 g/mol. The largest absolute Gasteiger partial charge is 0.461 e. The maximum Gasteiger partial charge on any atom is 0.332 e. The monoisotopic (exact) mass is 457 g/mol. The van der Waals surface area contributed by atoms with Crippen molar-refractivity contribution in [2.24, 2.45) is 14.1 Å². The number of hydrogen-bond donors (Lipinski definition) is 1. The Morgan fingerprint density at radius 3 is 2.55 bits per heavy atom. The summed E-state index contributed by atoms with van der Waals surface area (Å²) in [5.41, 5.74) is -0.296. The van der Waals surface area contributed by atoms with E-state index in [1.807, 2.05) is 0 Å². The van der Waals surface area contributed by atoms with Crippen molar-refractivity contribution >= 4 is 46.0 Å². The number of anilines is 1. The minimum Gasteiger partial charge on any atom is -0.461 e. The quantitative estimate of drug-likeness (QED) is 0.362. The van der Waals surface area contributed by atoms with Gasteiger partial charge in [-0.3, -0.25) is 18.7 Å². The van der Waals surface area contributed by atoms with E-state index < -0.39 is 11.2 Å². The van der Waals surface area contributed by atoms with E-state index in [4.69, 9.17) is 16.0 Å². The molecule has 0 bridgehead atoms. The number of benzene rings is 1. The molecular formula is C20H16ClN5O4S. The average Bonchev–Trinajstić information content (AvgIpc) is 3.31. The Morgan fingerprint density at radius 2 is 1.87 bits per heavy atom. The maximum absolute atomic E-state index is 12.8. The van der Waals surface area contributed by atoms with Crippen LogP contribution in [0.4, 0.5) is 5.69 Å². The second-order valence-electron chi connectivity index (χ2n) is 6.58. The highest BCUT2D eigenvalue weighted by atomic mass is 35.5. The summed E-state index contributed by atoms with van der Waals surface area (Å²) in [7, 11) is 2.90. The number of aryl methyl sites for hydroxylation is 1. The second kappa shape index (κ2) is 8.40. The van der Waals surface area contributed by atoms with Gasteiger partial charge in [-0.1, -0.05) is 23.4 Å². The van der Waals surface area contributed by atoms with Gasteiger partial charge in [0.25, 0.3) is 5.56 Å². The Kier molecular flexibility index (Phi) is 5.66. The first kappa shape index (κ1) is 20.9. The lowest BCUT2D eigenvalue weighted by atomic mass is 10.3. The molecule has 4 rings (SSSR count). The molecule has 3 heterocycles. The van der Waals surface area contributed by atoms with Gasteiger partial charge in [-0.05, 0) is 36.4 Å². The van der Waals surface area contributed by atoms with E-state index in [0.29, 0.717) is 16.5 Å². The summed E-state index contributed by atoms with van der Waals surface area (Å²) >= 11 is 6.93. The van der Waals surface area contributed by atoms with Crippen LogP contribution in [0.2, 0.25) is 5.02 Å². The topological polar surface area (TPSA) is 112 Å². The molecule has 0 aliphatic heterocycles. The number of nitrogens with one attached hydrogen (secondary N) is 1. The number of rotatable bonds is 5. The number of thioether (sulfide) groups is 1. The van der Waals surface area contributed by atoms with Gasteiger partial charge in [0, 0.05) is 24.8 Å². The second-order valence-corrected chi connectivity index (χ2v) is 7.98. The van der Waals surface area contributed by atoms with Crippen molar-refractivity contribution in [2.75, 3.05) is 11.1 Å². The lowest BCUT2D eigenvalue weighted by Crippen LogP contribution is -2.37. The van der Waals surface area contributed by atoms with E-state index in [-0.39, 0.29) is 33.5 Å². The Morgan fingerprint density at radius 1 is 1.13 bits per heavy atom. The fraction of sp³-hybridized carbons (Fsp3) is 0.150. The van der Waals surface area contributed by atoms with Gasteiger partial charge < -0.3 is 9.73 Å². The van der Waals surface area contributed by atoms with Gasteiger partial charge in [-0.2, -0.15) is 0 Å². The van der Waals surface area contributed by atoms with E-state index in [1.54, 1.807) is 36.4 Å². The molecule has 0 spiro atoms. The van der Waals surface area contributed by atoms with Crippen LogP contribution >= 0.6 is 23.4 Å². The number of fused-ring (bicyclic) bond motifs is 1. The molecule has 158 valence electrons. The normalized spacial score (nSPS) is 11.1. The molecule has 0 saturated carbocycles. The highest BCUT2D eigenvalue weighted by Gasteiger charge is 2.19. The molecule has 0 saturated heterocycles. The zero-order chi connectivity index (χ0) is 22.1. The third-order valence-corrected chi connectivity index (χ3v) is 5.70. The van der Waals surface area contributed by atoms with Gasteiger partial charge >= 0.3 is 5.69 Å².